The highest BCUT2D eigenvalue weighted by atomic mass is 33.1. The maximum atomic E-state index is 12.9. The van der Waals surface area contributed by atoms with Crippen LogP contribution < -0.4 is 0 Å². The van der Waals surface area contributed by atoms with Gasteiger partial charge in [0.1, 0.15) is 6.10 Å². The van der Waals surface area contributed by atoms with Crippen LogP contribution in [0.25, 0.3) is 0 Å². The second-order valence-corrected chi connectivity index (χ2v) is 26.7. The molecule has 488 valence electrons. The number of unbranched alkanes of at least 4 members (excludes halogenated alkanes) is 1. The highest BCUT2D eigenvalue weighted by Gasteiger charge is 2.39. The normalized spacial score (nSPS) is 18.2. The lowest BCUT2D eigenvalue weighted by Gasteiger charge is -2.19. The number of ether oxygens (including phenoxy) is 3. The average molecular weight is 1250 g/mol. The predicted octanol–water partition coefficient (Wildman–Crippen LogP) is 19.2. The smallest absolute Gasteiger partial charge is 0.377 e. The number of Topliss-reactive ketones (excluding diaryl/α,β-unsaturated/α-hetero) is 2. The molecule has 3 rings (SSSR count). The molecule has 1 aliphatic carbocycles. The van der Waals surface area contributed by atoms with E-state index < -0.39 is 42.3 Å². The van der Waals surface area contributed by atoms with Crippen LogP contribution in [-0.4, -0.2) is 93.1 Å². The Morgan fingerprint density at radius 3 is 1.21 bits per heavy atom. The molecule has 0 saturated carbocycles. The van der Waals surface area contributed by atoms with Crippen molar-refractivity contribution in [3.63, 3.8) is 0 Å². The zero-order valence-corrected chi connectivity index (χ0v) is 57.4. The average Bonchev–Trinajstić information content (AvgIpc) is 1.77. The topological polar surface area (TPSA) is 197 Å². The standard InChI is InChI=1S/C59H90O4.C8H14O2S2.C6H8O6/c1-44(2)24-15-25-45(3)26-16-27-46(4)28-17-29-47(5)30-18-31-48(6)32-19-33-49(7)34-20-35-50(8)36-21-37-51(9)38-22-39-52(10)40-23-41-53(11)42-43-55-54(12)56(60)58(62-13)59(63-14)57(55)61;9-8(10)4-2-1-3-7-5-6-11-12-7;7-1-2(8)5-3(9)4(10)6(11)12-5/h24,26,28,30,32,34,36,38,40,42H,15-23,25,27,29,31,33,35,37,39,41,43H2,1-14H3;7H,1-6H2,(H,9,10);2,5,7-10H,1H2/b45-26+,46-28+,47-30+,48-32+,49-34+,50-36+,51-38+,52-40+,53-42+;;/t;;2-,5+/m..0/s1. The molecule has 14 heteroatoms. The molecule has 2 aliphatic heterocycles. The van der Waals surface area contributed by atoms with Crippen LogP contribution >= 0.6 is 21.6 Å². The van der Waals surface area contributed by atoms with Crippen molar-refractivity contribution in [1.29, 1.82) is 0 Å². The molecule has 3 atom stereocenters. The van der Waals surface area contributed by atoms with Crippen LogP contribution in [0.3, 0.4) is 0 Å². The van der Waals surface area contributed by atoms with Crippen molar-refractivity contribution in [2.75, 3.05) is 26.6 Å². The van der Waals surface area contributed by atoms with Crippen molar-refractivity contribution < 1.29 is 58.9 Å². The van der Waals surface area contributed by atoms with Gasteiger partial charge in [0, 0.05) is 28.6 Å². The summed E-state index contributed by atoms with van der Waals surface area (Å²) < 4.78 is 14.7. The summed E-state index contributed by atoms with van der Waals surface area (Å²) in [5.74, 6) is -2.74. The zero-order chi connectivity index (χ0) is 65.3. The number of aliphatic hydroxyl groups excluding tert-OH is 4. The van der Waals surface area contributed by atoms with Gasteiger partial charge in [0.15, 0.2) is 11.9 Å². The van der Waals surface area contributed by atoms with E-state index in [1.165, 1.54) is 108 Å². The van der Waals surface area contributed by atoms with Crippen molar-refractivity contribution in [2.24, 2.45) is 0 Å². The summed E-state index contributed by atoms with van der Waals surface area (Å²) in [6.45, 7) is 25.7. The second-order valence-electron chi connectivity index (χ2n) is 23.9. The van der Waals surface area contributed by atoms with Gasteiger partial charge in [-0.1, -0.05) is 144 Å². The molecule has 0 amide bonds. The molecule has 12 nitrogen and oxygen atoms in total. The highest BCUT2D eigenvalue weighted by Crippen LogP contribution is 2.40. The molecule has 0 bridgehead atoms. The minimum Gasteiger partial charge on any atom is -0.505 e. The van der Waals surface area contributed by atoms with Gasteiger partial charge in [0.25, 0.3) is 0 Å². The lowest BCUT2D eigenvalue weighted by atomic mass is 9.90. The summed E-state index contributed by atoms with van der Waals surface area (Å²) in [6, 6.07) is 0. The number of hydrogen-bond acceptors (Lipinski definition) is 13. The number of allylic oxidation sites excluding steroid dienone is 22. The van der Waals surface area contributed by atoms with Gasteiger partial charge in [-0.05, 0) is 224 Å². The van der Waals surface area contributed by atoms with Crippen molar-refractivity contribution in [1.82, 2.24) is 0 Å². The molecule has 0 aromatic rings. The van der Waals surface area contributed by atoms with Crippen LogP contribution in [-0.2, 0) is 33.4 Å². The number of cyclic esters (lactones) is 1. The van der Waals surface area contributed by atoms with Gasteiger partial charge in [0.2, 0.25) is 28.8 Å². The Labute approximate surface area is 533 Å². The Morgan fingerprint density at radius 2 is 0.908 bits per heavy atom. The number of hydrogen-bond donors (Lipinski definition) is 5. The quantitative estimate of drug-likeness (QED) is 0.0129. The van der Waals surface area contributed by atoms with Gasteiger partial charge < -0.3 is 39.7 Å². The molecule has 3 aliphatic rings. The van der Waals surface area contributed by atoms with Crippen LogP contribution in [0.5, 0.6) is 0 Å². The maximum Gasteiger partial charge on any atom is 0.377 e. The molecule has 0 aromatic carbocycles. The first kappa shape index (κ1) is 79.7. The van der Waals surface area contributed by atoms with Crippen LogP contribution in [0, 0.1) is 0 Å². The molecule has 0 spiro atoms. The molecule has 1 unspecified atom stereocenters. The van der Waals surface area contributed by atoms with E-state index in [2.05, 4.69) is 142 Å². The van der Waals surface area contributed by atoms with Gasteiger partial charge in [-0.2, -0.15) is 0 Å². The van der Waals surface area contributed by atoms with E-state index in [1.54, 1.807) is 6.92 Å². The summed E-state index contributed by atoms with van der Waals surface area (Å²) in [4.78, 5) is 46.3. The fraction of sp³-hybridized carbons (Fsp3) is 0.589. The van der Waals surface area contributed by atoms with E-state index in [-0.39, 0.29) is 23.1 Å². The fourth-order valence-electron chi connectivity index (χ4n) is 9.63. The van der Waals surface area contributed by atoms with Gasteiger partial charge >= 0.3 is 11.9 Å². The van der Waals surface area contributed by atoms with E-state index in [1.807, 2.05) is 21.6 Å². The van der Waals surface area contributed by atoms with Crippen molar-refractivity contribution in [2.45, 2.75) is 255 Å². The number of carboxylic acids is 1. The van der Waals surface area contributed by atoms with E-state index in [0.29, 0.717) is 24.0 Å². The van der Waals surface area contributed by atoms with Gasteiger partial charge in [-0.3, -0.25) is 14.4 Å². The van der Waals surface area contributed by atoms with Crippen molar-refractivity contribution in [3.05, 3.63) is 151 Å². The molecule has 2 heterocycles. The number of carbonyl (C=O) groups excluding carboxylic acids is 3. The van der Waals surface area contributed by atoms with Gasteiger partial charge in [-0.15, -0.1) is 0 Å². The number of carbonyl (C=O) groups is 4. The zero-order valence-electron chi connectivity index (χ0n) is 55.8. The first-order valence-electron chi connectivity index (χ1n) is 31.6. The van der Waals surface area contributed by atoms with Crippen LogP contribution in [0.15, 0.2) is 151 Å². The lowest BCUT2D eigenvalue weighted by molar-refractivity contribution is -0.147. The number of rotatable bonds is 38. The van der Waals surface area contributed by atoms with E-state index in [0.717, 1.165) is 114 Å². The number of esters is 1. The number of methoxy groups -OCH3 is 2. The number of aliphatic hydroxyl groups is 4. The molecular weight excluding hydrogens is 1130 g/mol. The molecule has 0 radical (unpaired) electrons. The summed E-state index contributed by atoms with van der Waals surface area (Å²) in [5, 5.41) is 44.2. The lowest BCUT2D eigenvalue weighted by Crippen LogP contribution is -2.31. The Bertz CT molecular complexity index is 2600. The molecule has 0 aromatic heterocycles. The predicted molar refractivity (Wildman–Crippen MR) is 365 cm³/mol. The van der Waals surface area contributed by atoms with Gasteiger partial charge in [-0.25, -0.2) is 4.79 Å². The molecule has 1 saturated heterocycles. The largest absolute Gasteiger partial charge is 0.505 e. The molecule has 5 N–H and O–H groups in total. The minimum atomic E-state index is -1.42. The first-order chi connectivity index (χ1) is 41.3. The Morgan fingerprint density at radius 1 is 0.552 bits per heavy atom. The Kier molecular flexibility index (Phi) is 42.9. The van der Waals surface area contributed by atoms with Crippen molar-refractivity contribution >= 4 is 45.1 Å². The summed E-state index contributed by atoms with van der Waals surface area (Å²) in [7, 11) is 6.69. The number of carboxylic acid groups (broad SMARTS) is 1. The monoisotopic (exact) mass is 1240 g/mol. The molecule has 1 fully saturated rings. The fourth-order valence-corrected chi connectivity index (χ4v) is 12.7. The summed E-state index contributed by atoms with van der Waals surface area (Å²) in [5.41, 5.74) is 15.5. The van der Waals surface area contributed by atoms with Crippen LogP contribution in [0.2, 0.25) is 0 Å². The first-order valence-corrected chi connectivity index (χ1v) is 34.0. The van der Waals surface area contributed by atoms with Crippen molar-refractivity contribution in [3.8, 4) is 0 Å². The Balaban J connectivity index is 0.00000128. The Hall–Kier alpha value is -5.28. The minimum absolute atomic E-state index is 0.00667. The molecule has 87 heavy (non-hydrogen) atoms. The highest BCUT2D eigenvalue weighted by molar-refractivity contribution is 8.77. The summed E-state index contributed by atoms with van der Waals surface area (Å²) >= 11 is 0. The van der Waals surface area contributed by atoms with E-state index in [9.17, 15) is 19.2 Å². The summed E-state index contributed by atoms with van der Waals surface area (Å²) in [6.07, 6.45) is 46.3. The van der Waals surface area contributed by atoms with Crippen LogP contribution in [0.4, 0.5) is 0 Å². The second kappa shape index (κ2) is 46.8. The van der Waals surface area contributed by atoms with Crippen LogP contribution in [0.1, 0.15) is 237 Å². The number of aliphatic carboxylic acids is 1. The maximum absolute atomic E-state index is 12.9. The third kappa shape index (κ3) is 36.1. The van der Waals surface area contributed by atoms with E-state index in [4.69, 9.17) is 35.0 Å². The SMILES string of the molecule is COC1=C(OC)C(=O)C(C/C=C(\C)CC/C=C(\C)CC/C=C(\C)CC/C=C(\C)CC/C=C(\C)CC/C=C(\C)CC/C=C(\C)CC/C=C(\C)CC/C=C(\C)CCC=C(C)C)=C(C)C1=O.O=C(O)CCCCC1CCSS1.O=C1O[C@H]([C@@H](O)CO)C(O)=C1O. The molecular formula is C73H112O12S2. The number of ketones is 2. The third-order valence-corrected chi connectivity index (χ3v) is 18.5. The third-order valence-electron chi connectivity index (χ3n) is 15.5. The van der Waals surface area contributed by atoms with Gasteiger partial charge in [0.05, 0.1) is 20.8 Å². The van der Waals surface area contributed by atoms with E-state index >= 15 is 0 Å².